The van der Waals surface area contributed by atoms with Crippen molar-refractivity contribution in [1.29, 1.82) is 0 Å². The van der Waals surface area contributed by atoms with Gasteiger partial charge in [-0.05, 0) is 43.8 Å². The number of likely N-dealkylation sites (N-methyl/N-ethyl adjacent to an activating group) is 1. The zero-order valence-electron chi connectivity index (χ0n) is 21.3. The highest BCUT2D eigenvalue weighted by molar-refractivity contribution is 7.89. The normalized spacial score (nSPS) is 12.2. The van der Waals surface area contributed by atoms with Crippen molar-refractivity contribution in [2.45, 2.75) is 27.3 Å². The Balaban J connectivity index is 0.000000830. The van der Waals surface area contributed by atoms with Gasteiger partial charge in [-0.25, -0.2) is 12.7 Å². The van der Waals surface area contributed by atoms with Crippen molar-refractivity contribution in [1.82, 2.24) is 9.21 Å². The summed E-state index contributed by atoms with van der Waals surface area (Å²) >= 11 is 1.54. The van der Waals surface area contributed by atoms with Crippen LogP contribution in [0.3, 0.4) is 0 Å². The van der Waals surface area contributed by atoms with Crippen molar-refractivity contribution in [2.75, 3.05) is 50.6 Å². The third-order valence-corrected chi connectivity index (χ3v) is 8.74. The van der Waals surface area contributed by atoms with E-state index in [1.165, 1.54) is 4.31 Å². The van der Waals surface area contributed by atoms with E-state index in [1.807, 2.05) is 36.4 Å². The van der Waals surface area contributed by atoms with Crippen molar-refractivity contribution in [3.8, 4) is 0 Å². The van der Waals surface area contributed by atoms with Crippen LogP contribution in [0.4, 0.5) is 5.69 Å². The van der Waals surface area contributed by atoms with Gasteiger partial charge in [-0.2, -0.15) is 8.42 Å². The lowest BCUT2D eigenvalue weighted by Gasteiger charge is -2.20. The lowest BCUT2D eigenvalue weighted by molar-refractivity contribution is 0.316. The predicted octanol–water partition coefficient (Wildman–Crippen LogP) is 3.45. The number of rotatable bonds is 10. The number of hydrogen-bond donors (Lipinski definition) is 2. The van der Waals surface area contributed by atoms with Crippen molar-refractivity contribution in [3.05, 3.63) is 52.2 Å². The summed E-state index contributed by atoms with van der Waals surface area (Å²) in [6.07, 6.45) is 0.715. The highest BCUT2D eigenvalue weighted by atomic mass is 32.2. The summed E-state index contributed by atoms with van der Waals surface area (Å²) in [5.41, 5.74) is 1.63. The van der Waals surface area contributed by atoms with Crippen LogP contribution in [0.5, 0.6) is 0 Å². The largest absolute Gasteiger partial charge is 0.383 e. The first-order valence-corrected chi connectivity index (χ1v) is 15.9. The Kier molecular flexibility index (Phi) is 10.8. The van der Waals surface area contributed by atoms with Crippen LogP contribution in [0.15, 0.2) is 41.2 Å². The Morgan fingerprint density at radius 1 is 1.00 bits per heavy atom. The maximum atomic E-state index is 13.4. The number of nitrogens with one attached hydrogen (secondary N) is 1. The second-order valence-corrected chi connectivity index (χ2v) is 13.1. The number of benzene rings is 2. The summed E-state index contributed by atoms with van der Waals surface area (Å²) in [4.78, 5) is 15.8. The van der Waals surface area contributed by atoms with Gasteiger partial charge in [0.05, 0.1) is 17.4 Å². The van der Waals surface area contributed by atoms with Gasteiger partial charge < -0.3 is 10.2 Å². The Morgan fingerprint density at radius 3 is 2.19 bits per heavy atom. The Hall–Kier alpha value is -2.09. The number of hydrogen-bond acceptors (Lipinski definition) is 8. The molecule has 2 N–H and O–H groups in total. The molecule has 0 atom stereocenters. The van der Waals surface area contributed by atoms with Crippen LogP contribution in [0, 0.1) is 0 Å². The molecule has 1 aromatic heterocycles. The Labute approximate surface area is 217 Å². The molecular weight excluding hydrogens is 522 g/mol. The Bertz CT molecular complexity index is 1440. The molecule has 3 rings (SSSR count). The molecule has 0 radical (unpaired) electrons. The van der Waals surface area contributed by atoms with Crippen LogP contribution >= 0.6 is 11.3 Å². The highest BCUT2D eigenvalue weighted by Gasteiger charge is 2.19. The van der Waals surface area contributed by atoms with E-state index in [0.29, 0.717) is 17.0 Å². The molecule has 200 valence electrons. The summed E-state index contributed by atoms with van der Waals surface area (Å²) in [6, 6.07) is 11.4. The quantitative estimate of drug-likeness (QED) is 0.287. The first kappa shape index (κ1) is 30.1. The van der Waals surface area contributed by atoms with Crippen LogP contribution in [-0.2, 0) is 26.7 Å². The average molecular weight is 558 g/mol. The molecular formula is C24H35N3O6S3. The minimum atomic E-state index is -3.67. The number of fused-ring (bicyclic) bond motifs is 2. The van der Waals surface area contributed by atoms with Crippen LogP contribution in [-0.4, -0.2) is 75.8 Å². The molecule has 0 fully saturated rings. The van der Waals surface area contributed by atoms with Gasteiger partial charge in [0.25, 0.3) is 10.1 Å². The third kappa shape index (κ3) is 8.22. The molecule has 12 heteroatoms. The molecule has 0 saturated heterocycles. The Morgan fingerprint density at radius 2 is 1.61 bits per heavy atom. The van der Waals surface area contributed by atoms with Crippen LogP contribution < -0.4 is 10.7 Å². The number of sulfonamides is 1. The van der Waals surface area contributed by atoms with Gasteiger partial charge in [-0.3, -0.25) is 9.35 Å². The van der Waals surface area contributed by atoms with Gasteiger partial charge >= 0.3 is 0 Å². The SMILES string of the molecule is CCN(CC)CCNc1ccc(CN(C)S(=O)(=O)CC)c2sc3ccccc3c(=O)c12.CS(=O)(=O)O. The minimum absolute atomic E-state index is 0.0162. The van der Waals surface area contributed by atoms with E-state index in [-0.39, 0.29) is 17.7 Å². The third-order valence-electron chi connectivity index (χ3n) is 5.68. The van der Waals surface area contributed by atoms with E-state index < -0.39 is 20.1 Å². The maximum absolute atomic E-state index is 13.4. The van der Waals surface area contributed by atoms with Gasteiger partial charge in [0.15, 0.2) is 5.43 Å². The van der Waals surface area contributed by atoms with E-state index >= 15 is 0 Å². The van der Waals surface area contributed by atoms with Crippen molar-refractivity contribution in [2.24, 2.45) is 0 Å². The summed E-state index contributed by atoms with van der Waals surface area (Å²) in [5, 5.41) is 4.78. The monoisotopic (exact) mass is 557 g/mol. The molecule has 0 aliphatic heterocycles. The first-order valence-electron chi connectivity index (χ1n) is 11.6. The zero-order chi connectivity index (χ0) is 27.1. The molecule has 0 unspecified atom stereocenters. The van der Waals surface area contributed by atoms with E-state index in [0.717, 1.165) is 46.8 Å². The van der Waals surface area contributed by atoms with Crippen molar-refractivity contribution >= 4 is 57.3 Å². The van der Waals surface area contributed by atoms with Crippen molar-refractivity contribution in [3.63, 3.8) is 0 Å². The topological polar surface area (TPSA) is 124 Å². The molecule has 36 heavy (non-hydrogen) atoms. The molecule has 0 amide bonds. The molecule has 0 aliphatic rings. The smallest absolute Gasteiger partial charge is 0.261 e. The van der Waals surface area contributed by atoms with Gasteiger partial charge in [-0.1, -0.05) is 32.0 Å². The van der Waals surface area contributed by atoms with Gasteiger partial charge in [0.2, 0.25) is 10.0 Å². The van der Waals surface area contributed by atoms with Crippen LogP contribution in [0.25, 0.3) is 20.2 Å². The molecule has 0 spiro atoms. The lowest BCUT2D eigenvalue weighted by Crippen LogP contribution is -2.29. The molecule has 3 aromatic rings. The second-order valence-electron chi connectivity index (χ2n) is 8.25. The lowest BCUT2D eigenvalue weighted by atomic mass is 10.1. The first-order chi connectivity index (χ1) is 16.8. The maximum Gasteiger partial charge on any atom is 0.261 e. The highest BCUT2D eigenvalue weighted by Crippen LogP contribution is 2.32. The van der Waals surface area contributed by atoms with E-state index in [1.54, 1.807) is 25.3 Å². The fourth-order valence-electron chi connectivity index (χ4n) is 3.67. The van der Waals surface area contributed by atoms with Crippen LogP contribution in [0.2, 0.25) is 0 Å². The van der Waals surface area contributed by atoms with Gasteiger partial charge in [0, 0.05) is 47.2 Å². The predicted molar refractivity (Wildman–Crippen MR) is 150 cm³/mol. The average Bonchev–Trinajstić information content (AvgIpc) is 2.82. The van der Waals surface area contributed by atoms with Crippen molar-refractivity contribution < 1.29 is 21.4 Å². The molecule has 2 aromatic carbocycles. The summed E-state index contributed by atoms with van der Waals surface area (Å²) < 4.78 is 53.6. The number of nitrogens with zero attached hydrogens (tertiary/aromatic N) is 2. The fourth-order valence-corrected chi connectivity index (χ4v) is 5.66. The minimum Gasteiger partial charge on any atom is -0.383 e. The summed E-state index contributed by atoms with van der Waals surface area (Å²) in [5.74, 6) is 0.0472. The molecule has 1 heterocycles. The van der Waals surface area contributed by atoms with E-state index in [2.05, 4.69) is 24.1 Å². The second kappa shape index (κ2) is 12.9. The molecule has 0 aliphatic carbocycles. The molecule has 0 saturated carbocycles. The summed E-state index contributed by atoms with van der Waals surface area (Å²) in [7, 11) is -5.40. The van der Waals surface area contributed by atoms with E-state index in [4.69, 9.17) is 4.55 Å². The zero-order valence-corrected chi connectivity index (χ0v) is 23.8. The summed E-state index contributed by atoms with van der Waals surface area (Å²) in [6.45, 7) is 9.73. The molecule has 0 bridgehead atoms. The van der Waals surface area contributed by atoms with Gasteiger partial charge in [-0.15, -0.1) is 11.3 Å². The number of anilines is 1. The fraction of sp³-hybridized carbons (Fsp3) is 0.458. The van der Waals surface area contributed by atoms with Gasteiger partial charge in [0.1, 0.15) is 0 Å². The molecule has 9 nitrogen and oxygen atoms in total. The van der Waals surface area contributed by atoms with Crippen LogP contribution in [0.1, 0.15) is 26.3 Å². The standard InChI is InChI=1S/C23H31N3O3S2.CH4O3S/c1-5-26(6-2)15-14-24-19-13-12-17(16-25(4)31(28,29)7-3)23-21(19)22(27)18-10-8-9-11-20(18)30-23;1-5(2,3)4/h8-13,24H,5-7,14-16H2,1-4H3;1H3,(H,2,3,4). The van der Waals surface area contributed by atoms with E-state index in [9.17, 15) is 21.6 Å².